The molecule has 6 nitrogen and oxygen atoms in total. The highest BCUT2D eigenvalue weighted by molar-refractivity contribution is 6.06. The predicted octanol–water partition coefficient (Wildman–Crippen LogP) is 6.41. The number of carbonyl (C=O) groups is 2. The van der Waals surface area contributed by atoms with E-state index in [1.807, 2.05) is 62.4 Å². The fourth-order valence-electron chi connectivity index (χ4n) is 5.45. The van der Waals surface area contributed by atoms with Gasteiger partial charge in [0.25, 0.3) is 11.8 Å². The average Bonchev–Trinajstić information content (AvgIpc) is 3.04. The second-order valence-electron chi connectivity index (χ2n) is 11.0. The van der Waals surface area contributed by atoms with Gasteiger partial charge in [0.15, 0.2) is 0 Å². The molecule has 1 aliphatic rings. The third kappa shape index (κ3) is 7.18. The Morgan fingerprint density at radius 1 is 0.951 bits per heavy atom. The zero-order valence-electron chi connectivity index (χ0n) is 23.9. The fourth-order valence-corrected chi connectivity index (χ4v) is 5.45. The van der Waals surface area contributed by atoms with Crippen LogP contribution in [-0.4, -0.2) is 29.5 Å². The van der Waals surface area contributed by atoms with Gasteiger partial charge in [0.1, 0.15) is 11.6 Å². The van der Waals surface area contributed by atoms with Crippen LogP contribution in [0.5, 0.6) is 0 Å². The zero-order chi connectivity index (χ0) is 29.5. The number of para-hydroxylation sites is 1. The van der Waals surface area contributed by atoms with Gasteiger partial charge in [-0.05, 0) is 47.2 Å². The average molecular weight is 564 g/mol. The second-order valence-corrected chi connectivity index (χ2v) is 11.0. The van der Waals surface area contributed by atoms with E-state index in [2.05, 4.69) is 17.7 Å². The van der Waals surface area contributed by atoms with Gasteiger partial charge >= 0.3 is 0 Å². The predicted molar refractivity (Wildman–Crippen MR) is 157 cm³/mol. The van der Waals surface area contributed by atoms with Gasteiger partial charge in [-0.15, -0.1) is 0 Å². The minimum absolute atomic E-state index is 0.0678. The van der Waals surface area contributed by atoms with Gasteiger partial charge in [0.2, 0.25) is 0 Å². The third-order valence-corrected chi connectivity index (χ3v) is 7.61. The standard InChI is InChI=1S/C33H39F2N3O3/c1-4-5-6-7-15-28-26-13-9-8-12-25(26)27-14-10-11-16-29(27)38(33(28)41)37-32(40)31(21(2)3)36-20-30(39)22-17-23(34)19-24(35)18-22/h8-14,16-19,21,28,30-31,36,39H,4-7,15,20H2,1-3H3,(H,37,40)/t28?,30-,31+/m1/s1. The van der Waals surface area contributed by atoms with Crippen LogP contribution in [0.2, 0.25) is 0 Å². The molecule has 3 atom stereocenters. The Morgan fingerprint density at radius 2 is 1.61 bits per heavy atom. The van der Waals surface area contributed by atoms with Gasteiger partial charge in [-0.1, -0.05) is 88.9 Å². The summed E-state index contributed by atoms with van der Waals surface area (Å²) in [5.41, 5.74) is 6.30. The Labute approximate surface area is 240 Å². The largest absolute Gasteiger partial charge is 0.387 e. The van der Waals surface area contributed by atoms with Crippen molar-refractivity contribution >= 4 is 17.5 Å². The van der Waals surface area contributed by atoms with Crippen molar-refractivity contribution in [3.8, 4) is 11.1 Å². The maximum atomic E-state index is 14.2. The Balaban J connectivity index is 1.59. The zero-order valence-corrected chi connectivity index (χ0v) is 23.9. The van der Waals surface area contributed by atoms with E-state index in [0.717, 1.165) is 60.6 Å². The van der Waals surface area contributed by atoms with Crippen LogP contribution < -0.4 is 15.8 Å². The first-order valence-corrected chi connectivity index (χ1v) is 14.4. The lowest BCUT2D eigenvalue weighted by atomic mass is 9.87. The summed E-state index contributed by atoms with van der Waals surface area (Å²) in [5, 5.41) is 15.0. The minimum atomic E-state index is -1.24. The number of aliphatic hydroxyl groups is 1. The number of hydrazine groups is 1. The number of hydrogen-bond acceptors (Lipinski definition) is 4. The first-order valence-electron chi connectivity index (χ1n) is 14.4. The molecule has 1 heterocycles. The number of halogens is 2. The van der Waals surface area contributed by atoms with Crippen LogP contribution in [0.3, 0.4) is 0 Å². The quantitative estimate of drug-likeness (QED) is 0.223. The SMILES string of the molecule is CCCCCCC1C(=O)N(NC(=O)[C@@H](NC[C@@H](O)c2cc(F)cc(F)c2)C(C)C)c2ccccc2-c2ccccc21. The number of fused-ring (bicyclic) bond motifs is 3. The summed E-state index contributed by atoms with van der Waals surface area (Å²) in [6.45, 7) is 5.72. The summed E-state index contributed by atoms with van der Waals surface area (Å²) in [6.07, 6.45) is 3.54. The molecule has 0 fully saturated rings. The van der Waals surface area contributed by atoms with E-state index in [-0.39, 0.29) is 23.9 Å². The smallest absolute Gasteiger partial charge is 0.256 e. The summed E-state index contributed by atoms with van der Waals surface area (Å²) < 4.78 is 27.3. The molecule has 4 rings (SSSR count). The Bertz CT molecular complexity index is 1340. The molecule has 2 amide bonds. The molecular weight excluding hydrogens is 524 g/mol. The van der Waals surface area contributed by atoms with Crippen molar-refractivity contribution in [3.63, 3.8) is 0 Å². The second kappa shape index (κ2) is 13.8. The molecule has 0 saturated heterocycles. The highest BCUT2D eigenvalue weighted by Crippen LogP contribution is 2.42. The fraction of sp³-hybridized carbons (Fsp3) is 0.394. The molecule has 3 aromatic carbocycles. The number of nitrogens with one attached hydrogen (secondary N) is 2. The van der Waals surface area contributed by atoms with Gasteiger partial charge in [-0.25, -0.2) is 13.8 Å². The van der Waals surface area contributed by atoms with Gasteiger partial charge in [0.05, 0.1) is 23.8 Å². The van der Waals surface area contributed by atoms with Crippen molar-refractivity contribution in [1.29, 1.82) is 0 Å². The number of amides is 2. The van der Waals surface area contributed by atoms with Gasteiger partial charge in [0, 0.05) is 18.2 Å². The van der Waals surface area contributed by atoms with Crippen molar-refractivity contribution < 1.29 is 23.5 Å². The van der Waals surface area contributed by atoms with E-state index < -0.39 is 35.6 Å². The van der Waals surface area contributed by atoms with Crippen molar-refractivity contribution in [1.82, 2.24) is 10.7 Å². The summed E-state index contributed by atoms with van der Waals surface area (Å²) in [6, 6.07) is 17.5. The molecule has 1 aliphatic heterocycles. The van der Waals surface area contributed by atoms with Crippen molar-refractivity contribution in [3.05, 3.63) is 89.5 Å². The highest BCUT2D eigenvalue weighted by Gasteiger charge is 2.36. The van der Waals surface area contributed by atoms with Gasteiger partial charge in [-0.3, -0.25) is 15.0 Å². The van der Waals surface area contributed by atoms with E-state index in [0.29, 0.717) is 12.1 Å². The number of aliphatic hydroxyl groups excluding tert-OH is 1. The molecule has 41 heavy (non-hydrogen) atoms. The first kappa shape index (κ1) is 30.3. The van der Waals surface area contributed by atoms with Crippen LogP contribution in [0.25, 0.3) is 11.1 Å². The molecule has 0 saturated carbocycles. The number of benzene rings is 3. The number of unbranched alkanes of at least 4 members (excludes halogenated alkanes) is 3. The van der Waals surface area contributed by atoms with Crippen molar-refractivity contribution in [2.75, 3.05) is 11.6 Å². The normalized spacial score (nSPS) is 16.1. The molecule has 0 aromatic heterocycles. The van der Waals surface area contributed by atoms with Crippen molar-refractivity contribution in [2.45, 2.75) is 70.9 Å². The molecule has 0 spiro atoms. The number of nitrogens with zero attached hydrogens (tertiary/aromatic N) is 1. The molecule has 0 aliphatic carbocycles. The van der Waals surface area contributed by atoms with E-state index in [9.17, 15) is 23.5 Å². The maximum Gasteiger partial charge on any atom is 0.256 e. The van der Waals surface area contributed by atoms with Gasteiger partial charge < -0.3 is 10.4 Å². The van der Waals surface area contributed by atoms with Crippen LogP contribution in [0.15, 0.2) is 66.7 Å². The summed E-state index contributed by atoms with van der Waals surface area (Å²) >= 11 is 0. The maximum absolute atomic E-state index is 14.2. The van der Waals surface area contributed by atoms with Crippen LogP contribution in [-0.2, 0) is 9.59 Å². The molecule has 8 heteroatoms. The molecule has 0 radical (unpaired) electrons. The Kier molecular flexibility index (Phi) is 10.2. The summed E-state index contributed by atoms with van der Waals surface area (Å²) in [4.78, 5) is 27.8. The monoisotopic (exact) mass is 563 g/mol. The number of rotatable bonds is 12. The molecular formula is C33H39F2N3O3. The highest BCUT2D eigenvalue weighted by atomic mass is 19.1. The van der Waals surface area contributed by atoms with Crippen LogP contribution in [0.1, 0.15) is 76.0 Å². The van der Waals surface area contributed by atoms with E-state index in [1.54, 1.807) is 0 Å². The number of hydrogen-bond donors (Lipinski definition) is 3. The van der Waals surface area contributed by atoms with E-state index >= 15 is 0 Å². The molecule has 1 unspecified atom stereocenters. The summed E-state index contributed by atoms with van der Waals surface area (Å²) in [5.74, 6) is -2.88. The lowest BCUT2D eigenvalue weighted by Gasteiger charge is -2.30. The molecule has 3 aromatic rings. The lowest BCUT2D eigenvalue weighted by molar-refractivity contribution is -0.128. The lowest BCUT2D eigenvalue weighted by Crippen LogP contribution is -2.56. The van der Waals surface area contributed by atoms with Crippen LogP contribution >= 0.6 is 0 Å². The van der Waals surface area contributed by atoms with E-state index in [4.69, 9.17) is 0 Å². The molecule has 218 valence electrons. The van der Waals surface area contributed by atoms with E-state index in [1.165, 1.54) is 5.01 Å². The Morgan fingerprint density at radius 3 is 2.29 bits per heavy atom. The molecule has 3 N–H and O–H groups in total. The van der Waals surface area contributed by atoms with Crippen molar-refractivity contribution in [2.24, 2.45) is 5.92 Å². The minimum Gasteiger partial charge on any atom is -0.387 e. The molecule has 0 bridgehead atoms. The van der Waals surface area contributed by atoms with Gasteiger partial charge in [-0.2, -0.15) is 0 Å². The third-order valence-electron chi connectivity index (χ3n) is 7.61. The summed E-state index contributed by atoms with van der Waals surface area (Å²) in [7, 11) is 0. The number of anilines is 1. The topological polar surface area (TPSA) is 81.7 Å². The van der Waals surface area contributed by atoms with Crippen LogP contribution in [0, 0.1) is 17.6 Å². The Hall–Kier alpha value is -3.62. The van der Waals surface area contributed by atoms with Crippen LogP contribution in [0.4, 0.5) is 14.5 Å². The first-order chi connectivity index (χ1) is 19.7. The number of carbonyl (C=O) groups excluding carboxylic acids is 2.